The average molecular weight is 292 g/mol. The van der Waals surface area contributed by atoms with Gasteiger partial charge in [-0.05, 0) is 31.2 Å². The number of carboxylic acids is 1. The molecule has 1 heterocycles. The minimum atomic E-state index is -0.965. The number of anilines is 1. The first-order valence-corrected chi connectivity index (χ1v) is 7.80. The number of aromatic carboxylic acids is 1. The van der Waals surface area contributed by atoms with E-state index in [1.165, 1.54) is 0 Å². The minimum Gasteiger partial charge on any atom is -0.478 e. The van der Waals surface area contributed by atoms with Crippen molar-refractivity contribution in [3.8, 4) is 0 Å². The lowest BCUT2D eigenvalue weighted by atomic mass is 10.1. The van der Waals surface area contributed by atoms with Crippen molar-refractivity contribution in [3.63, 3.8) is 0 Å². The summed E-state index contributed by atoms with van der Waals surface area (Å²) in [4.78, 5) is 15.5. The van der Waals surface area contributed by atoms with Gasteiger partial charge in [0.2, 0.25) is 0 Å². The number of rotatable bonds is 5. The van der Waals surface area contributed by atoms with E-state index in [4.69, 9.17) is 5.11 Å². The van der Waals surface area contributed by atoms with Gasteiger partial charge in [0.25, 0.3) is 0 Å². The van der Waals surface area contributed by atoms with Crippen LogP contribution in [0.4, 0.5) is 5.82 Å². The van der Waals surface area contributed by atoms with Crippen LogP contribution in [0.2, 0.25) is 0 Å². The summed E-state index contributed by atoms with van der Waals surface area (Å²) in [6.45, 7) is 2.45. The fraction of sp³-hybridized carbons (Fsp3) is 0.286. The largest absolute Gasteiger partial charge is 0.478 e. The molecule has 20 heavy (non-hydrogen) atoms. The maximum atomic E-state index is 11.3. The Labute approximate surface area is 119 Å². The van der Waals surface area contributed by atoms with Crippen molar-refractivity contribution in [2.45, 2.75) is 12.2 Å². The molecule has 0 radical (unpaired) electrons. The van der Waals surface area contributed by atoms with Crippen LogP contribution in [-0.2, 0) is 10.8 Å². The number of nitrogens with zero attached hydrogens (tertiary/aromatic N) is 1. The predicted molar refractivity (Wildman–Crippen MR) is 80.7 cm³/mol. The van der Waals surface area contributed by atoms with Crippen molar-refractivity contribution in [3.05, 3.63) is 35.9 Å². The van der Waals surface area contributed by atoms with E-state index in [2.05, 4.69) is 10.3 Å². The Morgan fingerprint density at radius 3 is 2.80 bits per heavy atom. The number of carbonyl (C=O) groups is 1. The van der Waals surface area contributed by atoms with Crippen LogP contribution < -0.4 is 5.32 Å². The molecule has 1 aromatic carbocycles. The number of pyridine rings is 1. The second kappa shape index (κ2) is 6.00. The van der Waals surface area contributed by atoms with E-state index in [1.807, 2.05) is 6.92 Å². The van der Waals surface area contributed by atoms with Crippen LogP contribution in [0.5, 0.6) is 0 Å². The van der Waals surface area contributed by atoms with Crippen LogP contribution in [0.25, 0.3) is 10.9 Å². The Morgan fingerprint density at radius 1 is 1.40 bits per heavy atom. The van der Waals surface area contributed by atoms with E-state index in [0.29, 0.717) is 23.3 Å². The average Bonchev–Trinajstić information content (AvgIpc) is 2.43. The third-order valence-electron chi connectivity index (χ3n) is 3.10. The predicted octanol–water partition coefficient (Wildman–Crippen LogP) is 2.11. The van der Waals surface area contributed by atoms with Gasteiger partial charge in [0.1, 0.15) is 5.82 Å². The zero-order valence-corrected chi connectivity index (χ0v) is 12.1. The van der Waals surface area contributed by atoms with E-state index in [1.54, 1.807) is 36.6 Å². The molecule has 6 heteroatoms. The molecular weight excluding hydrogens is 276 g/mol. The highest BCUT2D eigenvalue weighted by atomic mass is 32.2. The number of aromatic nitrogens is 1. The van der Waals surface area contributed by atoms with Crippen LogP contribution in [0.1, 0.15) is 17.3 Å². The van der Waals surface area contributed by atoms with Gasteiger partial charge in [-0.3, -0.25) is 4.21 Å². The number of benzene rings is 1. The van der Waals surface area contributed by atoms with Crippen molar-refractivity contribution in [2.75, 3.05) is 18.1 Å². The first kappa shape index (κ1) is 14.5. The van der Waals surface area contributed by atoms with Gasteiger partial charge in [0.15, 0.2) is 0 Å². The number of hydrogen-bond donors (Lipinski definition) is 2. The molecule has 2 N–H and O–H groups in total. The standard InChI is InChI=1S/C14H16N2O3S/c1-9(20(2)19)8-15-13-7-6-10-11(14(17)18)4-3-5-12(10)16-13/h3-7,9H,8H2,1-2H3,(H,15,16)(H,17,18). The van der Waals surface area contributed by atoms with Gasteiger partial charge in [0, 0.05) is 34.2 Å². The Morgan fingerprint density at radius 2 is 2.15 bits per heavy atom. The third kappa shape index (κ3) is 3.14. The molecule has 0 spiro atoms. The highest BCUT2D eigenvalue weighted by Gasteiger charge is 2.10. The first-order chi connectivity index (χ1) is 9.49. The summed E-state index contributed by atoms with van der Waals surface area (Å²) in [5.41, 5.74) is 0.866. The Balaban J connectivity index is 2.26. The smallest absolute Gasteiger partial charge is 0.336 e. The molecular formula is C14H16N2O3S. The molecule has 0 aliphatic carbocycles. The van der Waals surface area contributed by atoms with Crippen LogP contribution in [0.15, 0.2) is 30.3 Å². The molecule has 2 atom stereocenters. The van der Waals surface area contributed by atoms with Crippen molar-refractivity contribution < 1.29 is 14.1 Å². The van der Waals surface area contributed by atoms with Gasteiger partial charge in [-0.25, -0.2) is 9.78 Å². The van der Waals surface area contributed by atoms with Crippen LogP contribution in [-0.4, -0.2) is 38.3 Å². The molecule has 0 bridgehead atoms. The maximum absolute atomic E-state index is 11.3. The normalized spacial score (nSPS) is 13.9. The molecule has 2 unspecified atom stereocenters. The quantitative estimate of drug-likeness (QED) is 0.882. The summed E-state index contributed by atoms with van der Waals surface area (Å²) in [5, 5.41) is 12.9. The van der Waals surface area contributed by atoms with Gasteiger partial charge in [-0.1, -0.05) is 6.07 Å². The molecule has 0 saturated heterocycles. The number of fused-ring (bicyclic) bond motifs is 1. The highest BCUT2D eigenvalue weighted by molar-refractivity contribution is 7.84. The number of nitrogens with one attached hydrogen (secondary N) is 1. The first-order valence-electron chi connectivity index (χ1n) is 6.18. The molecule has 1 aromatic heterocycles. The summed E-state index contributed by atoms with van der Waals surface area (Å²) in [5.74, 6) is -0.314. The maximum Gasteiger partial charge on any atom is 0.336 e. The molecule has 0 saturated carbocycles. The lowest BCUT2D eigenvalue weighted by Crippen LogP contribution is -2.21. The molecule has 0 aliphatic rings. The summed E-state index contributed by atoms with van der Waals surface area (Å²) >= 11 is 0. The zero-order chi connectivity index (χ0) is 14.7. The summed E-state index contributed by atoms with van der Waals surface area (Å²) in [6.07, 6.45) is 1.67. The molecule has 106 valence electrons. The van der Waals surface area contributed by atoms with Crippen molar-refractivity contribution in [2.24, 2.45) is 0 Å². The summed E-state index contributed by atoms with van der Waals surface area (Å²) in [6, 6.07) is 8.48. The second-order valence-electron chi connectivity index (χ2n) is 4.56. The topological polar surface area (TPSA) is 79.3 Å². The van der Waals surface area contributed by atoms with E-state index >= 15 is 0 Å². The van der Waals surface area contributed by atoms with Crippen LogP contribution in [0.3, 0.4) is 0 Å². The van der Waals surface area contributed by atoms with Gasteiger partial charge in [-0.15, -0.1) is 0 Å². The van der Waals surface area contributed by atoms with Gasteiger partial charge in [-0.2, -0.15) is 0 Å². The monoisotopic (exact) mass is 292 g/mol. The Kier molecular flexibility index (Phi) is 4.34. The van der Waals surface area contributed by atoms with Crippen LogP contribution >= 0.6 is 0 Å². The SMILES string of the molecule is CC(CNc1ccc2c(C(=O)O)cccc2n1)S(C)=O. The lowest BCUT2D eigenvalue weighted by Gasteiger charge is -2.11. The summed E-state index contributed by atoms with van der Waals surface area (Å²) < 4.78 is 11.3. The molecule has 0 fully saturated rings. The molecule has 5 nitrogen and oxygen atoms in total. The Hall–Kier alpha value is -1.95. The third-order valence-corrected chi connectivity index (χ3v) is 4.40. The van der Waals surface area contributed by atoms with Gasteiger partial charge in [0.05, 0.1) is 11.1 Å². The van der Waals surface area contributed by atoms with Crippen molar-refractivity contribution >= 4 is 33.5 Å². The fourth-order valence-corrected chi connectivity index (χ4v) is 2.12. The molecule has 0 amide bonds. The zero-order valence-electron chi connectivity index (χ0n) is 11.3. The molecule has 0 aliphatic heterocycles. The molecule has 2 aromatic rings. The van der Waals surface area contributed by atoms with E-state index in [9.17, 15) is 9.00 Å². The lowest BCUT2D eigenvalue weighted by molar-refractivity contribution is 0.0699. The van der Waals surface area contributed by atoms with E-state index in [0.717, 1.165) is 0 Å². The number of hydrogen-bond acceptors (Lipinski definition) is 4. The Bertz CT molecular complexity index is 673. The van der Waals surface area contributed by atoms with Crippen LogP contribution in [0, 0.1) is 0 Å². The molecule has 2 rings (SSSR count). The van der Waals surface area contributed by atoms with Crippen molar-refractivity contribution in [1.82, 2.24) is 4.98 Å². The van der Waals surface area contributed by atoms with Gasteiger partial charge >= 0.3 is 5.97 Å². The van der Waals surface area contributed by atoms with E-state index in [-0.39, 0.29) is 10.8 Å². The summed E-state index contributed by atoms with van der Waals surface area (Å²) in [7, 11) is -0.889. The fourth-order valence-electron chi connectivity index (χ4n) is 1.81. The van der Waals surface area contributed by atoms with E-state index < -0.39 is 16.8 Å². The van der Waals surface area contributed by atoms with Crippen molar-refractivity contribution in [1.29, 1.82) is 0 Å². The highest BCUT2D eigenvalue weighted by Crippen LogP contribution is 2.19. The number of carboxylic acid groups (broad SMARTS) is 1. The van der Waals surface area contributed by atoms with Gasteiger partial charge < -0.3 is 10.4 Å². The minimum absolute atomic E-state index is 0.0258. The second-order valence-corrected chi connectivity index (χ2v) is 6.37.